The highest BCUT2D eigenvalue weighted by atomic mass is 16.2. The minimum Gasteiger partial charge on any atom is -0.384 e. The number of amidine groups is 1. The quantitative estimate of drug-likeness (QED) is 0.0815. The monoisotopic (exact) mass is 658 g/mol. The molecule has 0 heterocycles. The molecule has 11 nitrogen and oxygen atoms in total. The van der Waals surface area contributed by atoms with Crippen molar-refractivity contribution in [2.24, 2.45) is 39.9 Å². The van der Waals surface area contributed by atoms with Gasteiger partial charge in [-0.2, -0.15) is 0 Å². The summed E-state index contributed by atoms with van der Waals surface area (Å²) in [6, 6.07) is 15.6. The Morgan fingerprint density at radius 3 is 1.98 bits per heavy atom. The summed E-state index contributed by atoms with van der Waals surface area (Å²) in [6.45, 7) is 0.666. The summed E-state index contributed by atoms with van der Waals surface area (Å²) in [7, 11) is 0. The van der Waals surface area contributed by atoms with Crippen LogP contribution in [0.4, 0.5) is 0 Å². The molecule has 2 saturated carbocycles. The van der Waals surface area contributed by atoms with Crippen LogP contribution in [-0.2, 0) is 27.3 Å². The average Bonchev–Trinajstić information content (AvgIpc) is 3.10. The van der Waals surface area contributed by atoms with Crippen LogP contribution in [0.3, 0.4) is 0 Å². The number of carbonyl (C=O) groups is 3. The third-order valence-corrected chi connectivity index (χ3v) is 9.87. The normalized spacial score (nSPS) is 17.3. The van der Waals surface area contributed by atoms with Crippen molar-refractivity contribution in [2.45, 2.75) is 102 Å². The SMILES string of the molecule is N=C(N)c1ccc(CC(C(=O)NC(C(=O)N[C@@H](CCCN=C(N)N)C(=O)NCc2ccccc2)C2CCCCC2)C2CCCCC2)cc1. The van der Waals surface area contributed by atoms with Crippen molar-refractivity contribution in [2.75, 3.05) is 6.54 Å². The number of nitrogens with one attached hydrogen (secondary N) is 4. The molecular formula is C37H54N8O3. The van der Waals surface area contributed by atoms with E-state index in [0.717, 1.165) is 68.9 Å². The molecule has 0 radical (unpaired) electrons. The summed E-state index contributed by atoms with van der Waals surface area (Å²) in [6.07, 6.45) is 11.5. The maximum absolute atomic E-state index is 14.3. The zero-order chi connectivity index (χ0) is 34.3. The summed E-state index contributed by atoms with van der Waals surface area (Å²) >= 11 is 0. The van der Waals surface area contributed by atoms with Crippen LogP contribution in [0, 0.1) is 23.2 Å². The summed E-state index contributed by atoms with van der Waals surface area (Å²) in [5, 5.41) is 16.9. The first kappa shape index (κ1) is 36.4. The van der Waals surface area contributed by atoms with Crippen LogP contribution < -0.4 is 33.2 Å². The van der Waals surface area contributed by atoms with E-state index in [1.165, 1.54) is 6.42 Å². The predicted octanol–water partition coefficient (Wildman–Crippen LogP) is 3.63. The van der Waals surface area contributed by atoms with Gasteiger partial charge in [0.2, 0.25) is 17.7 Å². The van der Waals surface area contributed by atoms with Crippen LogP contribution in [0.5, 0.6) is 0 Å². The molecule has 2 aliphatic rings. The standard InChI is InChI=1S/C37H54N8O3/c38-33(39)29-20-18-25(19-21-29)23-30(27-13-6-2-7-14-27)34(46)45-32(28-15-8-3-9-16-28)36(48)44-31(17-10-22-42-37(40)41)35(47)43-24-26-11-4-1-5-12-26/h1,4-5,11-12,18-21,27-28,30-32H,2-3,6-10,13-17,22-24H2,(H3,38,39)(H,43,47)(H,44,48)(H,45,46)(H4,40,41,42)/t30?,31-,32?/m0/s1. The van der Waals surface area contributed by atoms with E-state index in [4.69, 9.17) is 22.6 Å². The number of carbonyl (C=O) groups excluding carboxylic acids is 3. The molecule has 2 unspecified atom stereocenters. The largest absolute Gasteiger partial charge is 0.384 e. The fourth-order valence-electron chi connectivity index (χ4n) is 7.15. The van der Waals surface area contributed by atoms with Crippen LogP contribution in [-0.4, -0.2) is 48.1 Å². The number of rotatable bonds is 16. The molecule has 4 rings (SSSR count). The van der Waals surface area contributed by atoms with E-state index in [1.807, 2.05) is 54.6 Å². The van der Waals surface area contributed by atoms with Gasteiger partial charge in [-0.15, -0.1) is 0 Å². The van der Waals surface area contributed by atoms with Crippen molar-refractivity contribution in [3.8, 4) is 0 Å². The van der Waals surface area contributed by atoms with Gasteiger partial charge in [0, 0.05) is 24.6 Å². The molecule has 2 aliphatic carbocycles. The van der Waals surface area contributed by atoms with Crippen LogP contribution in [0.2, 0.25) is 0 Å². The molecule has 48 heavy (non-hydrogen) atoms. The fraction of sp³-hybridized carbons (Fsp3) is 0.541. The first-order valence-corrected chi connectivity index (χ1v) is 17.6. The van der Waals surface area contributed by atoms with Gasteiger partial charge in [0.25, 0.3) is 0 Å². The average molecular weight is 659 g/mol. The molecule has 0 bridgehead atoms. The smallest absolute Gasteiger partial charge is 0.243 e. The Balaban J connectivity index is 1.52. The van der Waals surface area contributed by atoms with Crippen molar-refractivity contribution < 1.29 is 14.4 Å². The lowest BCUT2D eigenvalue weighted by atomic mass is 9.76. The van der Waals surface area contributed by atoms with Crippen LogP contribution in [0.1, 0.15) is 93.7 Å². The topological polar surface area (TPSA) is 202 Å². The Labute approximate surface area is 284 Å². The molecule has 0 aliphatic heterocycles. The zero-order valence-electron chi connectivity index (χ0n) is 28.1. The van der Waals surface area contributed by atoms with Gasteiger partial charge < -0.3 is 33.2 Å². The maximum atomic E-state index is 14.3. The Bertz CT molecular complexity index is 1360. The second-order valence-corrected chi connectivity index (χ2v) is 13.4. The first-order valence-electron chi connectivity index (χ1n) is 17.6. The first-order chi connectivity index (χ1) is 23.2. The molecule has 0 aromatic heterocycles. The second kappa shape index (κ2) is 18.8. The highest BCUT2D eigenvalue weighted by Crippen LogP contribution is 2.33. The van der Waals surface area contributed by atoms with Gasteiger partial charge in [-0.25, -0.2) is 0 Å². The minimum atomic E-state index is -0.813. The highest BCUT2D eigenvalue weighted by molar-refractivity contribution is 5.95. The highest BCUT2D eigenvalue weighted by Gasteiger charge is 2.37. The molecule has 0 spiro atoms. The van der Waals surface area contributed by atoms with E-state index >= 15 is 0 Å². The maximum Gasteiger partial charge on any atom is 0.243 e. The zero-order valence-corrected chi connectivity index (χ0v) is 28.1. The van der Waals surface area contributed by atoms with E-state index in [-0.39, 0.29) is 47.3 Å². The molecule has 0 saturated heterocycles. The number of hydrogen-bond acceptors (Lipinski definition) is 5. The lowest BCUT2D eigenvalue weighted by Gasteiger charge is -2.34. The van der Waals surface area contributed by atoms with Gasteiger partial charge >= 0.3 is 0 Å². The Kier molecular flexibility index (Phi) is 14.3. The number of nitrogens with zero attached hydrogens (tertiary/aromatic N) is 1. The number of hydrogen-bond donors (Lipinski definition) is 7. The van der Waals surface area contributed by atoms with E-state index < -0.39 is 12.1 Å². The number of nitrogens with two attached hydrogens (primary N) is 3. The van der Waals surface area contributed by atoms with E-state index in [0.29, 0.717) is 37.9 Å². The van der Waals surface area contributed by atoms with Gasteiger partial charge in [0.1, 0.15) is 17.9 Å². The number of benzene rings is 2. The molecule has 3 amide bonds. The lowest BCUT2D eigenvalue weighted by Crippen LogP contribution is -2.57. The van der Waals surface area contributed by atoms with Crippen molar-refractivity contribution in [3.05, 3.63) is 71.3 Å². The minimum absolute atomic E-state index is 0.00718. The molecular weight excluding hydrogens is 604 g/mol. The second-order valence-electron chi connectivity index (χ2n) is 13.4. The summed E-state index contributed by atoms with van der Waals surface area (Å²) < 4.78 is 0. The number of guanidine groups is 1. The van der Waals surface area contributed by atoms with Crippen molar-refractivity contribution in [3.63, 3.8) is 0 Å². The Hall–Kier alpha value is -4.41. The van der Waals surface area contributed by atoms with Crippen LogP contribution in [0.15, 0.2) is 59.6 Å². The van der Waals surface area contributed by atoms with Gasteiger partial charge in [-0.05, 0) is 67.9 Å². The lowest BCUT2D eigenvalue weighted by molar-refractivity contribution is -0.135. The summed E-state index contributed by atoms with van der Waals surface area (Å²) in [5.41, 5.74) is 19.3. The fourth-order valence-corrected chi connectivity index (χ4v) is 7.15. The number of nitrogen functional groups attached to an aromatic ring is 1. The van der Waals surface area contributed by atoms with Gasteiger partial charge in [0.15, 0.2) is 5.96 Å². The van der Waals surface area contributed by atoms with Crippen molar-refractivity contribution >= 4 is 29.5 Å². The van der Waals surface area contributed by atoms with E-state index in [2.05, 4.69) is 20.9 Å². The Morgan fingerprint density at radius 2 is 1.38 bits per heavy atom. The number of amides is 3. The molecule has 10 N–H and O–H groups in total. The van der Waals surface area contributed by atoms with Gasteiger partial charge in [-0.1, -0.05) is 93.1 Å². The molecule has 2 fully saturated rings. The van der Waals surface area contributed by atoms with Crippen LogP contribution >= 0.6 is 0 Å². The summed E-state index contributed by atoms with van der Waals surface area (Å²) in [4.78, 5) is 45.9. The van der Waals surface area contributed by atoms with Crippen LogP contribution in [0.25, 0.3) is 0 Å². The Morgan fingerprint density at radius 1 is 0.750 bits per heavy atom. The molecule has 2 aromatic rings. The third kappa shape index (κ3) is 11.4. The molecule has 2 aromatic carbocycles. The molecule has 3 atom stereocenters. The van der Waals surface area contributed by atoms with Gasteiger partial charge in [-0.3, -0.25) is 24.8 Å². The van der Waals surface area contributed by atoms with Crippen molar-refractivity contribution in [1.82, 2.24) is 16.0 Å². The summed E-state index contributed by atoms with van der Waals surface area (Å²) in [5.74, 6) is -0.838. The van der Waals surface area contributed by atoms with Gasteiger partial charge in [0.05, 0.1) is 0 Å². The van der Waals surface area contributed by atoms with E-state index in [1.54, 1.807) is 0 Å². The third-order valence-electron chi connectivity index (χ3n) is 9.87. The molecule has 11 heteroatoms. The molecule has 260 valence electrons. The van der Waals surface area contributed by atoms with E-state index in [9.17, 15) is 14.4 Å². The predicted molar refractivity (Wildman–Crippen MR) is 190 cm³/mol. The van der Waals surface area contributed by atoms with Crippen molar-refractivity contribution in [1.29, 1.82) is 5.41 Å². The number of aliphatic imine (C=N–C) groups is 1.